The summed E-state index contributed by atoms with van der Waals surface area (Å²) in [5, 5.41) is 4.44. The Labute approximate surface area is 137 Å². The monoisotopic (exact) mass is 373 g/mol. The molecule has 2 rings (SSSR count). The van der Waals surface area contributed by atoms with Gasteiger partial charge in [-0.1, -0.05) is 57.3 Å². The van der Waals surface area contributed by atoms with E-state index in [1.165, 1.54) is 0 Å². The average Bonchev–Trinajstić information content (AvgIpc) is 2.42. The number of benzene rings is 2. The minimum absolute atomic E-state index is 0.605. The number of nitrogens with one attached hydrogen (secondary N) is 1. The molecule has 0 unspecified atom stereocenters. The summed E-state index contributed by atoms with van der Waals surface area (Å²) < 4.78 is 6.48. The molecule has 1 N–H and O–H groups in total. The van der Waals surface area contributed by atoms with Gasteiger partial charge < -0.3 is 10.1 Å². The Hall–Kier alpha value is -0.900. The SMILES string of the molecule is Clc1cc(Br)cc(Cl)c1NCCCOc1ccccc1. The molecule has 0 radical (unpaired) electrons. The van der Waals surface area contributed by atoms with Crippen molar-refractivity contribution in [3.05, 3.63) is 57.0 Å². The minimum atomic E-state index is 0.605. The third kappa shape index (κ3) is 4.58. The number of halogens is 3. The van der Waals surface area contributed by atoms with Crippen molar-refractivity contribution in [2.75, 3.05) is 18.5 Å². The first-order valence-electron chi connectivity index (χ1n) is 6.23. The summed E-state index contributed by atoms with van der Waals surface area (Å²) in [5.41, 5.74) is 0.760. The van der Waals surface area contributed by atoms with Crippen LogP contribution < -0.4 is 10.1 Å². The van der Waals surface area contributed by atoms with Crippen molar-refractivity contribution in [2.24, 2.45) is 0 Å². The predicted octanol–water partition coefficient (Wildman–Crippen LogP) is 5.64. The third-order valence-electron chi connectivity index (χ3n) is 2.64. The van der Waals surface area contributed by atoms with E-state index in [1.54, 1.807) is 0 Å². The number of rotatable bonds is 6. The van der Waals surface area contributed by atoms with E-state index < -0.39 is 0 Å². The second-order valence-electron chi connectivity index (χ2n) is 4.19. The van der Waals surface area contributed by atoms with Crippen molar-refractivity contribution in [3.63, 3.8) is 0 Å². The summed E-state index contributed by atoms with van der Waals surface area (Å²) in [7, 11) is 0. The van der Waals surface area contributed by atoms with Crippen LogP contribution in [0.25, 0.3) is 0 Å². The molecule has 0 atom stereocenters. The molecule has 2 aromatic carbocycles. The Morgan fingerprint density at radius 1 is 1.05 bits per heavy atom. The summed E-state index contributed by atoms with van der Waals surface area (Å²) in [5.74, 6) is 0.882. The molecule has 0 amide bonds. The van der Waals surface area contributed by atoms with Gasteiger partial charge >= 0.3 is 0 Å². The number of hydrogen-bond acceptors (Lipinski definition) is 2. The maximum atomic E-state index is 6.14. The molecule has 0 saturated carbocycles. The van der Waals surface area contributed by atoms with Crippen molar-refractivity contribution in [3.8, 4) is 5.75 Å². The Balaban J connectivity index is 1.76. The number of anilines is 1. The van der Waals surface area contributed by atoms with Gasteiger partial charge in [-0.2, -0.15) is 0 Å². The molecular formula is C15H14BrCl2NO. The van der Waals surface area contributed by atoms with Crippen LogP contribution in [-0.2, 0) is 0 Å². The first kappa shape index (κ1) is 15.5. The Bertz CT molecular complexity index is 540. The summed E-state index contributed by atoms with van der Waals surface area (Å²) in [6, 6.07) is 13.4. The van der Waals surface area contributed by atoms with Gasteiger partial charge in [0.2, 0.25) is 0 Å². The first-order chi connectivity index (χ1) is 9.66. The number of hydrogen-bond donors (Lipinski definition) is 1. The third-order valence-corrected chi connectivity index (χ3v) is 3.70. The highest BCUT2D eigenvalue weighted by atomic mass is 79.9. The Morgan fingerprint density at radius 3 is 2.35 bits per heavy atom. The van der Waals surface area contributed by atoms with E-state index in [4.69, 9.17) is 27.9 Å². The normalized spacial score (nSPS) is 10.3. The van der Waals surface area contributed by atoms with E-state index in [1.807, 2.05) is 42.5 Å². The van der Waals surface area contributed by atoms with Crippen LogP contribution in [0.2, 0.25) is 10.0 Å². The standard InChI is InChI=1S/C15H14BrCl2NO/c16-11-9-13(17)15(14(18)10-11)19-7-4-8-20-12-5-2-1-3-6-12/h1-3,5-6,9-10,19H,4,7-8H2. The molecule has 0 spiro atoms. The fourth-order valence-corrected chi connectivity index (χ4v) is 3.05. The van der Waals surface area contributed by atoms with Gasteiger partial charge in [-0.3, -0.25) is 0 Å². The Kier molecular flexibility index (Phi) is 6.02. The topological polar surface area (TPSA) is 21.3 Å². The lowest BCUT2D eigenvalue weighted by molar-refractivity contribution is 0.315. The molecule has 0 saturated heterocycles. The molecule has 0 fully saturated rings. The Morgan fingerprint density at radius 2 is 1.70 bits per heavy atom. The van der Waals surface area contributed by atoms with Crippen molar-refractivity contribution < 1.29 is 4.74 Å². The van der Waals surface area contributed by atoms with Crippen molar-refractivity contribution >= 4 is 44.8 Å². The summed E-state index contributed by atoms with van der Waals surface area (Å²) in [6.45, 7) is 1.39. The molecule has 0 aliphatic heterocycles. The van der Waals surface area contributed by atoms with Crippen LogP contribution in [0.5, 0.6) is 5.75 Å². The highest BCUT2D eigenvalue weighted by Crippen LogP contribution is 2.33. The van der Waals surface area contributed by atoms with E-state index in [0.29, 0.717) is 16.7 Å². The predicted molar refractivity (Wildman–Crippen MR) is 89.2 cm³/mol. The van der Waals surface area contributed by atoms with Crippen LogP contribution in [0.4, 0.5) is 5.69 Å². The van der Waals surface area contributed by atoms with E-state index >= 15 is 0 Å². The molecular weight excluding hydrogens is 361 g/mol. The minimum Gasteiger partial charge on any atom is -0.494 e. The fraction of sp³-hybridized carbons (Fsp3) is 0.200. The fourth-order valence-electron chi connectivity index (χ4n) is 1.70. The van der Waals surface area contributed by atoms with Crippen LogP contribution in [0.3, 0.4) is 0 Å². The number of ether oxygens (including phenoxy) is 1. The van der Waals surface area contributed by atoms with E-state index in [-0.39, 0.29) is 0 Å². The molecule has 106 valence electrons. The van der Waals surface area contributed by atoms with Crippen molar-refractivity contribution in [1.82, 2.24) is 0 Å². The smallest absolute Gasteiger partial charge is 0.119 e. The quantitative estimate of drug-likeness (QED) is 0.661. The summed E-state index contributed by atoms with van der Waals surface area (Å²) >= 11 is 15.6. The maximum absolute atomic E-state index is 6.14. The lowest BCUT2D eigenvalue weighted by Crippen LogP contribution is -2.08. The molecule has 0 aliphatic rings. The molecule has 0 heterocycles. The second kappa shape index (κ2) is 7.77. The molecule has 20 heavy (non-hydrogen) atoms. The van der Waals surface area contributed by atoms with Gasteiger partial charge in [0, 0.05) is 11.0 Å². The zero-order valence-corrected chi connectivity index (χ0v) is 13.8. The van der Waals surface area contributed by atoms with Gasteiger partial charge in [-0.05, 0) is 30.7 Å². The van der Waals surface area contributed by atoms with E-state index in [2.05, 4.69) is 21.2 Å². The molecule has 2 aromatic rings. The van der Waals surface area contributed by atoms with E-state index in [9.17, 15) is 0 Å². The zero-order chi connectivity index (χ0) is 14.4. The second-order valence-corrected chi connectivity index (χ2v) is 5.92. The number of para-hydroxylation sites is 1. The molecule has 0 bridgehead atoms. The van der Waals surface area contributed by atoms with Gasteiger partial charge in [0.25, 0.3) is 0 Å². The first-order valence-corrected chi connectivity index (χ1v) is 7.78. The lowest BCUT2D eigenvalue weighted by atomic mass is 10.3. The van der Waals surface area contributed by atoms with Gasteiger partial charge in [0.1, 0.15) is 5.75 Å². The molecule has 2 nitrogen and oxygen atoms in total. The molecule has 5 heteroatoms. The van der Waals surface area contributed by atoms with Crippen LogP contribution in [0.1, 0.15) is 6.42 Å². The van der Waals surface area contributed by atoms with Crippen molar-refractivity contribution in [2.45, 2.75) is 6.42 Å². The van der Waals surface area contributed by atoms with E-state index in [0.717, 1.165) is 28.9 Å². The zero-order valence-electron chi connectivity index (χ0n) is 10.7. The molecule has 0 aliphatic carbocycles. The van der Waals surface area contributed by atoms with Crippen LogP contribution >= 0.6 is 39.1 Å². The van der Waals surface area contributed by atoms with Gasteiger partial charge in [0.15, 0.2) is 0 Å². The maximum Gasteiger partial charge on any atom is 0.119 e. The molecule has 0 aromatic heterocycles. The van der Waals surface area contributed by atoms with Gasteiger partial charge in [-0.15, -0.1) is 0 Å². The lowest BCUT2D eigenvalue weighted by Gasteiger charge is -2.11. The largest absolute Gasteiger partial charge is 0.494 e. The van der Waals surface area contributed by atoms with Crippen LogP contribution in [0.15, 0.2) is 46.9 Å². The summed E-state index contributed by atoms with van der Waals surface area (Å²) in [6.07, 6.45) is 0.859. The van der Waals surface area contributed by atoms with Crippen LogP contribution in [-0.4, -0.2) is 13.2 Å². The average molecular weight is 375 g/mol. The van der Waals surface area contributed by atoms with Gasteiger partial charge in [-0.25, -0.2) is 0 Å². The van der Waals surface area contributed by atoms with Crippen molar-refractivity contribution in [1.29, 1.82) is 0 Å². The van der Waals surface area contributed by atoms with Gasteiger partial charge in [0.05, 0.1) is 22.3 Å². The highest BCUT2D eigenvalue weighted by Gasteiger charge is 2.06. The summed E-state index contributed by atoms with van der Waals surface area (Å²) in [4.78, 5) is 0. The highest BCUT2D eigenvalue weighted by molar-refractivity contribution is 9.10. The van der Waals surface area contributed by atoms with Crippen LogP contribution in [0, 0.1) is 0 Å².